The van der Waals surface area contributed by atoms with Gasteiger partial charge in [0.1, 0.15) is 5.75 Å². The number of hydrogen-bond acceptors (Lipinski definition) is 2. The molecule has 0 N–H and O–H groups in total. The van der Waals surface area contributed by atoms with Gasteiger partial charge < -0.3 is 9.64 Å². The van der Waals surface area contributed by atoms with E-state index in [4.69, 9.17) is 4.74 Å². The Hall–Kier alpha value is -1.18. The molecule has 2 aliphatic heterocycles. The van der Waals surface area contributed by atoms with Gasteiger partial charge in [-0.05, 0) is 31.0 Å². The minimum absolute atomic E-state index is 0.873. The summed E-state index contributed by atoms with van der Waals surface area (Å²) in [5.41, 5.74) is 4.46. The molecule has 0 fully saturated rings. The molecule has 1 aromatic carbocycles. The van der Waals surface area contributed by atoms with Crippen LogP contribution in [0.15, 0.2) is 12.1 Å². The maximum Gasteiger partial charge on any atom is 0.123 e. The second-order valence-corrected chi connectivity index (χ2v) is 3.97. The van der Waals surface area contributed by atoms with Crippen molar-refractivity contribution < 1.29 is 4.74 Å². The SMILES string of the molecule is CCN1CCc2c1ccc1c2CCO1. The summed E-state index contributed by atoms with van der Waals surface area (Å²) in [6, 6.07) is 4.35. The first-order chi connectivity index (χ1) is 6.90. The average Bonchev–Trinajstić information content (AvgIpc) is 2.82. The molecule has 0 spiro atoms. The Labute approximate surface area is 84.5 Å². The predicted octanol–water partition coefficient (Wildman–Crippen LogP) is 2.00. The zero-order valence-corrected chi connectivity index (χ0v) is 8.55. The van der Waals surface area contributed by atoms with Gasteiger partial charge >= 0.3 is 0 Å². The highest BCUT2D eigenvalue weighted by atomic mass is 16.5. The van der Waals surface area contributed by atoms with Crippen LogP contribution >= 0.6 is 0 Å². The summed E-state index contributed by atoms with van der Waals surface area (Å²) in [4.78, 5) is 2.45. The van der Waals surface area contributed by atoms with Crippen molar-refractivity contribution in [3.63, 3.8) is 0 Å². The van der Waals surface area contributed by atoms with Crippen molar-refractivity contribution >= 4 is 5.69 Å². The molecule has 2 heterocycles. The first kappa shape index (κ1) is 8.16. The van der Waals surface area contributed by atoms with Crippen molar-refractivity contribution in [3.05, 3.63) is 23.3 Å². The number of likely N-dealkylation sites (N-methyl/N-ethyl adjacent to an activating group) is 1. The van der Waals surface area contributed by atoms with Crippen molar-refractivity contribution in [2.45, 2.75) is 19.8 Å². The van der Waals surface area contributed by atoms with Crippen LogP contribution in [-0.4, -0.2) is 19.7 Å². The van der Waals surface area contributed by atoms with E-state index in [1.165, 1.54) is 24.2 Å². The summed E-state index contributed by atoms with van der Waals surface area (Å²) < 4.78 is 5.57. The zero-order chi connectivity index (χ0) is 9.54. The maximum absolute atomic E-state index is 5.57. The van der Waals surface area contributed by atoms with E-state index in [0.717, 1.165) is 25.3 Å². The third-order valence-corrected chi connectivity index (χ3v) is 3.33. The molecular formula is C12H15NO. The van der Waals surface area contributed by atoms with E-state index >= 15 is 0 Å². The number of rotatable bonds is 1. The molecular weight excluding hydrogens is 174 g/mol. The van der Waals surface area contributed by atoms with Crippen LogP contribution in [0.3, 0.4) is 0 Å². The minimum atomic E-state index is 0.873. The largest absolute Gasteiger partial charge is 0.493 e. The van der Waals surface area contributed by atoms with Gasteiger partial charge in [-0.2, -0.15) is 0 Å². The Balaban J connectivity index is 2.12. The molecule has 1 aromatic rings. The van der Waals surface area contributed by atoms with Crippen LogP contribution in [0.5, 0.6) is 5.75 Å². The lowest BCUT2D eigenvalue weighted by Gasteiger charge is -2.16. The quantitative estimate of drug-likeness (QED) is 0.670. The Kier molecular flexibility index (Phi) is 1.69. The van der Waals surface area contributed by atoms with Crippen LogP contribution in [-0.2, 0) is 12.8 Å². The van der Waals surface area contributed by atoms with Gasteiger partial charge in [-0.3, -0.25) is 0 Å². The minimum Gasteiger partial charge on any atom is -0.493 e. The fourth-order valence-corrected chi connectivity index (χ4v) is 2.60. The number of anilines is 1. The van der Waals surface area contributed by atoms with E-state index in [9.17, 15) is 0 Å². The molecule has 0 saturated carbocycles. The Morgan fingerprint density at radius 1 is 1.29 bits per heavy atom. The molecule has 2 aliphatic rings. The molecule has 2 nitrogen and oxygen atoms in total. The van der Waals surface area contributed by atoms with Crippen molar-refractivity contribution in [2.24, 2.45) is 0 Å². The van der Waals surface area contributed by atoms with Crippen LogP contribution in [0.2, 0.25) is 0 Å². The molecule has 0 saturated heterocycles. The summed E-state index contributed by atoms with van der Waals surface area (Å²) in [6.07, 6.45) is 2.31. The van der Waals surface area contributed by atoms with Crippen LogP contribution in [0.1, 0.15) is 18.1 Å². The fraction of sp³-hybridized carbons (Fsp3) is 0.500. The first-order valence-corrected chi connectivity index (χ1v) is 5.42. The first-order valence-electron chi connectivity index (χ1n) is 5.42. The molecule has 3 rings (SSSR count). The van der Waals surface area contributed by atoms with Gasteiger partial charge in [-0.25, -0.2) is 0 Å². The van der Waals surface area contributed by atoms with Crippen molar-refractivity contribution in [1.82, 2.24) is 0 Å². The van der Waals surface area contributed by atoms with Gasteiger partial charge in [0.05, 0.1) is 6.61 Å². The highest BCUT2D eigenvalue weighted by molar-refractivity contribution is 5.65. The molecule has 14 heavy (non-hydrogen) atoms. The van der Waals surface area contributed by atoms with Crippen LogP contribution < -0.4 is 9.64 Å². The molecule has 74 valence electrons. The topological polar surface area (TPSA) is 12.5 Å². The number of nitrogens with zero attached hydrogens (tertiary/aromatic N) is 1. The molecule has 2 heteroatoms. The highest BCUT2D eigenvalue weighted by Crippen LogP contribution is 2.38. The second kappa shape index (κ2) is 2.91. The summed E-state index contributed by atoms with van der Waals surface area (Å²) in [5.74, 6) is 1.13. The van der Waals surface area contributed by atoms with Gasteiger partial charge in [0.25, 0.3) is 0 Å². The van der Waals surface area contributed by atoms with Gasteiger partial charge in [0.2, 0.25) is 0 Å². The Bertz CT molecular complexity index is 373. The van der Waals surface area contributed by atoms with E-state index in [1.54, 1.807) is 5.56 Å². The lowest BCUT2D eigenvalue weighted by Crippen LogP contribution is -2.18. The summed E-state index contributed by atoms with van der Waals surface area (Å²) >= 11 is 0. The third-order valence-electron chi connectivity index (χ3n) is 3.33. The summed E-state index contributed by atoms with van der Waals surface area (Å²) in [6.45, 7) is 5.39. The highest BCUT2D eigenvalue weighted by Gasteiger charge is 2.25. The molecule has 0 atom stereocenters. The Morgan fingerprint density at radius 2 is 2.21 bits per heavy atom. The average molecular weight is 189 g/mol. The third kappa shape index (κ3) is 0.969. The fourth-order valence-electron chi connectivity index (χ4n) is 2.60. The number of hydrogen-bond donors (Lipinski definition) is 0. The van der Waals surface area contributed by atoms with E-state index < -0.39 is 0 Å². The maximum atomic E-state index is 5.57. The Morgan fingerprint density at radius 3 is 3.07 bits per heavy atom. The smallest absolute Gasteiger partial charge is 0.123 e. The van der Waals surface area contributed by atoms with Crippen LogP contribution in [0.4, 0.5) is 5.69 Å². The van der Waals surface area contributed by atoms with Crippen molar-refractivity contribution in [1.29, 1.82) is 0 Å². The molecule has 0 radical (unpaired) electrons. The lowest BCUT2D eigenvalue weighted by atomic mass is 10.0. The molecule has 0 unspecified atom stereocenters. The zero-order valence-electron chi connectivity index (χ0n) is 8.55. The van der Waals surface area contributed by atoms with Crippen LogP contribution in [0.25, 0.3) is 0 Å². The molecule has 0 aliphatic carbocycles. The van der Waals surface area contributed by atoms with Crippen molar-refractivity contribution in [2.75, 3.05) is 24.6 Å². The van der Waals surface area contributed by atoms with E-state index in [0.29, 0.717) is 0 Å². The predicted molar refractivity (Wildman–Crippen MR) is 57.2 cm³/mol. The normalized spacial score (nSPS) is 17.9. The van der Waals surface area contributed by atoms with Gasteiger partial charge in [-0.1, -0.05) is 0 Å². The number of ether oxygens (including phenoxy) is 1. The number of benzene rings is 1. The van der Waals surface area contributed by atoms with Gasteiger partial charge in [-0.15, -0.1) is 0 Å². The second-order valence-electron chi connectivity index (χ2n) is 3.97. The standard InChI is InChI=1S/C12H15NO/c1-2-13-7-5-9-10-6-8-14-12(10)4-3-11(9)13/h3-4H,2,5-8H2,1H3. The summed E-state index contributed by atoms with van der Waals surface area (Å²) in [7, 11) is 0. The van der Waals surface area contributed by atoms with E-state index in [-0.39, 0.29) is 0 Å². The number of fused-ring (bicyclic) bond motifs is 3. The van der Waals surface area contributed by atoms with E-state index in [1.807, 2.05) is 0 Å². The lowest BCUT2D eigenvalue weighted by molar-refractivity contribution is 0.357. The molecule has 0 bridgehead atoms. The molecule has 0 amide bonds. The summed E-state index contributed by atoms with van der Waals surface area (Å²) in [5, 5.41) is 0. The van der Waals surface area contributed by atoms with E-state index in [2.05, 4.69) is 24.0 Å². The molecule has 0 aromatic heterocycles. The van der Waals surface area contributed by atoms with Crippen LogP contribution in [0, 0.1) is 0 Å². The monoisotopic (exact) mass is 189 g/mol. The van der Waals surface area contributed by atoms with Crippen molar-refractivity contribution in [3.8, 4) is 5.75 Å². The van der Waals surface area contributed by atoms with Gasteiger partial charge in [0.15, 0.2) is 0 Å². The van der Waals surface area contributed by atoms with Gasteiger partial charge in [0, 0.05) is 30.8 Å².